The quantitative estimate of drug-likeness (QED) is 0.942. The lowest BCUT2D eigenvalue weighted by atomic mass is 9.93. The monoisotopic (exact) mass is 297 g/mol. The summed E-state index contributed by atoms with van der Waals surface area (Å²) < 4.78 is 0. The summed E-state index contributed by atoms with van der Waals surface area (Å²) >= 11 is 0. The van der Waals surface area contributed by atoms with Crippen molar-refractivity contribution in [3.05, 3.63) is 40.1 Å². The Labute approximate surface area is 133 Å². The molecule has 2 aromatic rings. The Morgan fingerprint density at radius 2 is 2.05 bits per heavy atom. The lowest BCUT2D eigenvalue weighted by molar-refractivity contribution is 0.308. The van der Waals surface area contributed by atoms with Gasteiger partial charge in [-0.2, -0.15) is 0 Å². The minimum atomic E-state index is 0.492. The van der Waals surface area contributed by atoms with Crippen LogP contribution >= 0.6 is 0 Å². The van der Waals surface area contributed by atoms with Gasteiger partial charge in [0.15, 0.2) is 0 Å². The van der Waals surface area contributed by atoms with Gasteiger partial charge in [-0.05, 0) is 43.7 Å². The Bertz CT molecular complexity index is 704. The predicted octanol–water partition coefficient (Wildman–Crippen LogP) is 3.34. The minimum absolute atomic E-state index is 0.492. The Hall–Kier alpha value is -1.45. The first-order chi connectivity index (χ1) is 10.5. The number of hydrogen-bond acceptors (Lipinski definition) is 3. The number of rotatable bonds is 3. The molecule has 1 N–H and O–H groups in total. The van der Waals surface area contributed by atoms with E-state index in [1.54, 1.807) is 0 Å². The molecule has 0 fully saturated rings. The summed E-state index contributed by atoms with van der Waals surface area (Å²) in [6, 6.07) is 5.05. The van der Waals surface area contributed by atoms with Gasteiger partial charge in [-0.15, -0.1) is 0 Å². The maximum absolute atomic E-state index is 5.02. The number of benzene rings is 1. The second-order valence-electron chi connectivity index (χ2n) is 7.02. The first-order valence-corrected chi connectivity index (χ1v) is 8.29. The highest BCUT2D eigenvalue weighted by atomic mass is 15.1. The number of likely N-dealkylation sites (N-methyl/N-ethyl adjacent to an activating group) is 1. The van der Waals surface area contributed by atoms with Crippen molar-refractivity contribution in [3.63, 3.8) is 0 Å². The molecule has 1 aromatic carbocycles. The molecule has 22 heavy (non-hydrogen) atoms. The van der Waals surface area contributed by atoms with Crippen LogP contribution in [-0.2, 0) is 19.5 Å². The molecule has 3 nitrogen and oxygen atoms in total. The molecule has 3 heteroatoms. The van der Waals surface area contributed by atoms with Gasteiger partial charge in [-0.1, -0.05) is 25.5 Å². The van der Waals surface area contributed by atoms with Crippen LogP contribution in [0.4, 0.5) is 0 Å². The highest BCUT2D eigenvalue weighted by Crippen LogP contribution is 2.30. The van der Waals surface area contributed by atoms with Crippen LogP contribution in [0.2, 0.25) is 0 Å². The molecule has 118 valence electrons. The maximum atomic E-state index is 5.02. The molecule has 0 unspecified atom stereocenters. The van der Waals surface area contributed by atoms with E-state index in [1.165, 1.54) is 38.9 Å². The van der Waals surface area contributed by atoms with Crippen LogP contribution in [0.5, 0.6) is 0 Å². The standard InChI is InChI=1S/C19H27N3/c1-12(2)20-10-16-15-9-13(3)8-14(4)19(15)21-18-6-7-22(5)11-17(16)18/h8-9,12,20H,6-7,10-11H2,1-5H3. The molecule has 1 aliphatic rings. The zero-order valence-corrected chi connectivity index (χ0v) is 14.5. The Kier molecular flexibility index (Phi) is 4.20. The lowest BCUT2D eigenvalue weighted by Crippen LogP contribution is -2.30. The number of fused-ring (bicyclic) bond motifs is 2. The minimum Gasteiger partial charge on any atom is -0.310 e. The van der Waals surface area contributed by atoms with Gasteiger partial charge in [0.1, 0.15) is 0 Å². The third-order valence-electron chi connectivity index (χ3n) is 4.57. The van der Waals surface area contributed by atoms with E-state index in [-0.39, 0.29) is 0 Å². The molecule has 0 radical (unpaired) electrons. The third-order valence-corrected chi connectivity index (χ3v) is 4.57. The Morgan fingerprint density at radius 3 is 2.77 bits per heavy atom. The van der Waals surface area contributed by atoms with E-state index in [0.717, 1.165) is 26.1 Å². The van der Waals surface area contributed by atoms with Gasteiger partial charge in [0.05, 0.1) is 5.52 Å². The number of pyridine rings is 1. The average molecular weight is 297 g/mol. The number of nitrogens with zero attached hydrogens (tertiary/aromatic N) is 2. The molecule has 0 aliphatic carbocycles. The van der Waals surface area contributed by atoms with Crippen molar-refractivity contribution in [3.8, 4) is 0 Å². The van der Waals surface area contributed by atoms with E-state index in [1.807, 2.05) is 0 Å². The molecule has 0 saturated carbocycles. The van der Waals surface area contributed by atoms with Crippen molar-refractivity contribution in [2.75, 3.05) is 13.6 Å². The van der Waals surface area contributed by atoms with Crippen molar-refractivity contribution in [2.45, 2.75) is 53.2 Å². The summed E-state index contributed by atoms with van der Waals surface area (Å²) in [4.78, 5) is 7.42. The molecule has 1 aliphatic heterocycles. The fourth-order valence-corrected chi connectivity index (χ4v) is 3.42. The average Bonchev–Trinajstić information content (AvgIpc) is 2.44. The highest BCUT2D eigenvalue weighted by Gasteiger charge is 2.21. The van der Waals surface area contributed by atoms with Gasteiger partial charge in [-0.25, -0.2) is 0 Å². The molecule has 3 rings (SSSR count). The molecule has 2 heterocycles. The SMILES string of the molecule is Cc1cc(C)c2nc3c(c(CNC(C)C)c2c1)CN(C)CC3. The molecule has 0 saturated heterocycles. The largest absolute Gasteiger partial charge is 0.310 e. The van der Waals surface area contributed by atoms with Gasteiger partial charge in [0, 0.05) is 43.2 Å². The first-order valence-electron chi connectivity index (χ1n) is 8.29. The van der Waals surface area contributed by atoms with Gasteiger partial charge in [-0.3, -0.25) is 4.98 Å². The van der Waals surface area contributed by atoms with Gasteiger partial charge >= 0.3 is 0 Å². The van der Waals surface area contributed by atoms with E-state index in [2.05, 4.69) is 57.1 Å². The zero-order valence-electron chi connectivity index (χ0n) is 14.5. The van der Waals surface area contributed by atoms with Crippen molar-refractivity contribution >= 4 is 10.9 Å². The highest BCUT2D eigenvalue weighted by molar-refractivity contribution is 5.87. The summed E-state index contributed by atoms with van der Waals surface area (Å²) in [6.45, 7) is 11.8. The van der Waals surface area contributed by atoms with Crippen LogP contribution in [0.1, 0.15) is 41.8 Å². The van der Waals surface area contributed by atoms with Crippen molar-refractivity contribution in [1.29, 1.82) is 0 Å². The first kappa shape index (κ1) is 15.4. The summed E-state index contributed by atoms with van der Waals surface area (Å²) in [7, 11) is 2.20. The molecule has 1 aromatic heterocycles. The van der Waals surface area contributed by atoms with E-state index >= 15 is 0 Å². The smallest absolute Gasteiger partial charge is 0.0738 e. The molecule has 0 atom stereocenters. The number of aryl methyl sites for hydroxylation is 2. The molecule has 0 amide bonds. The van der Waals surface area contributed by atoms with E-state index < -0.39 is 0 Å². The van der Waals surface area contributed by atoms with E-state index in [0.29, 0.717) is 6.04 Å². The Morgan fingerprint density at radius 1 is 1.27 bits per heavy atom. The number of nitrogens with one attached hydrogen (secondary N) is 1. The van der Waals surface area contributed by atoms with Crippen LogP contribution in [0, 0.1) is 13.8 Å². The normalized spacial score (nSPS) is 15.5. The topological polar surface area (TPSA) is 28.2 Å². The second-order valence-corrected chi connectivity index (χ2v) is 7.02. The lowest BCUT2D eigenvalue weighted by Gasteiger charge is -2.28. The van der Waals surface area contributed by atoms with Crippen LogP contribution in [0.25, 0.3) is 10.9 Å². The van der Waals surface area contributed by atoms with Gasteiger partial charge in [0.2, 0.25) is 0 Å². The van der Waals surface area contributed by atoms with Crippen molar-refractivity contribution < 1.29 is 0 Å². The summed E-state index contributed by atoms with van der Waals surface area (Å²) in [5.74, 6) is 0. The summed E-state index contributed by atoms with van der Waals surface area (Å²) in [5.41, 5.74) is 8.00. The fourth-order valence-electron chi connectivity index (χ4n) is 3.42. The second kappa shape index (κ2) is 5.98. The van der Waals surface area contributed by atoms with Gasteiger partial charge in [0.25, 0.3) is 0 Å². The zero-order chi connectivity index (χ0) is 15.9. The van der Waals surface area contributed by atoms with Gasteiger partial charge < -0.3 is 10.2 Å². The van der Waals surface area contributed by atoms with Crippen LogP contribution in [-0.4, -0.2) is 29.5 Å². The van der Waals surface area contributed by atoms with Crippen molar-refractivity contribution in [2.24, 2.45) is 0 Å². The molecule has 0 spiro atoms. The number of hydrogen-bond donors (Lipinski definition) is 1. The maximum Gasteiger partial charge on any atom is 0.0738 e. The van der Waals surface area contributed by atoms with Crippen LogP contribution in [0.3, 0.4) is 0 Å². The molecular formula is C19H27N3. The van der Waals surface area contributed by atoms with Crippen molar-refractivity contribution in [1.82, 2.24) is 15.2 Å². The molecular weight excluding hydrogens is 270 g/mol. The summed E-state index contributed by atoms with van der Waals surface area (Å²) in [6.07, 6.45) is 1.06. The van der Waals surface area contributed by atoms with Crippen LogP contribution < -0.4 is 5.32 Å². The molecule has 0 bridgehead atoms. The predicted molar refractivity (Wildman–Crippen MR) is 93.2 cm³/mol. The van der Waals surface area contributed by atoms with Crippen LogP contribution in [0.15, 0.2) is 12.1 Å². The number of aromatic nitrogens is 1. The fraction of sp³-hybridized carbons (Fsp3) is 0.526. The van der Waals surface area contributed by atoms with E-state index in [4.69, 9.17) is 4.98 Å². The van der Waals surface area contributed by atoms with E-state index in [9.17, 15) is 0 Å². The Balaban J connectivity index is 2.22. The summed E-state index contributed by atoms with van der Waals surface area (Å²) in [5, 5.41) is 4.94. The third kappa shape index (κ3) is 2.88.